The number of alkyl halides is 3. The van der Waals surface area contributed by atoms with Crippen LogP contribution in [0.2, 0.25) is 0 Å². The summed E-state index contributed by atoms with van der Waals surface area (Å²) in [5, 5.41) is 14.7. The summed E-state index contributed by atoms with van der Waals surface area (Å²) < 4.78 is 45.7. The number of rotatable bonds is 9. The molecule has 3 rings (SSSR count). The maximum atomic E-state index is 13.9. The largest absolute Gasteiger partial charge is 0.463 e. The number of hydrogen-bond donors (Lipinski definition) is 2. The molecule has 3 amide bonds. The van der Waals surface area contributed by atoms with Gasteiger partial charge in [0, 0.05) is 25.0 Å². The number of likely N-dealkylation sites (N-methyl/N-ethyl adjacent to an activating group) is 1. The summed E-state index contributed by atoms with van der Waals surface area (Å²) in [6.07, 6.45) is -3.38. The van der Waals surface area contributed by atoms with Crippen molar-refractivity contribution in [3.05, 3.63) is 70.7 Å². The highest BCUT2D eigenvalue weighted by Gasteiger charge is 2.44. The summed E-state index contributed by atoms with van der Waals surface area (Å²) in [6, 6.07) is 6.85. The fraction of sp³-hybridized carbons (Fsp3) is 0.346. The van der Waals surface area contributed by atoms with Crippen LogP contribution in [0.3, 0.4) is 0 Å². The van der Waals surface area contributed by atoms with Crippen LogP contribution >= 0.6 is 0 Å². The second kappa shape index (κ2) is 12.4. The summed E-state index contributed by atoms with van der Waals surface area (Å²) in [5.74, 6) is -1.38. The number of allylic oxidation sites excluding steroid dienone is 1. The molecule has 2 aromatic rings. The van der Waals surface area contributed by atoms with Crippen molar-refractivity contribution in [1.29, 1.82) is 5.26 Å². The Labute approximate surface area is 223 Å². The zero-order chi connectivity index (χ0) is 28.7. The van der Waals surface area contributed by atoms with E-state index in [1.165, 1.54) is 31.3 Å². The number of urea groups is 1. The lowest BCUT2D eigenvalue weighted by atomic mass is 9.93. The number of pyridine rings is 1. The number of anilines is 1. The number of esters is 1. The van der Waals surface area contributed by atoms with Gasteiger partial charge >= 0.3 is 18.2 Å². The molecular formula is C26H27F3N6O4. The van der Waals surface area contributed by atoms with Crippen LogP contribution in [0.4, 0.5) is 23.7 Å². The summed E-state index contributed by atoms with van der Waals surface area (Å²) in [4.78, 5) is 46.1. The molecular weight excluding hydrogens is 517 g/mol. The molecule has 1 aliphatic rings. The average molecular weight is 545 g/mol. The van der Waals surface area contributed by atoms with Gasteiger partial charge in [-0.2, -0.15) is 18.4 Å². The fourth-order valence-electron chi connectivity index (χ4n) is 4.13. The molecule has 2 N–H and O–H groups in total. The van der Waals surface area contributed by atoms with E-state index in [1.807, 2.05) is 6.07 Å². The summed E-state index contributed by atoms with van der Waals surface area (Å²) in [5.41, 5.74) is -0.792. The smallest absolute Gasteiger partial charge is 0.416 e. The third kappa shape index (κ3) is 6.53. The van der Waals surface area contributed by atoms with Crippen molar-refractivity contribution in [2.75, 3.05) is 38.2 Å². The number of hydrogen-bond acceptors (Lipinski definition) is 7. The van der Waals surface area contributed by atoms with Crippen LogP contribution in [0.5, 0.6) is 0 Å². The number of nitrogens with one attached hydrogen (secondary N) is 2. The van der Waals surface area contributed by atoms with Gasteiger partial charge in [-0.25, -0.2) is 14.6 Å². The minimum atomic E-state index is -4.68. The molecule has 2 heterocycles. The molecule has 1 atom stereocenters. The molecule has 0 aliphatic carbocycles. The molecule has 206 valence electrons. The molecule has 0 fully saturated rings. The average Bonchev–Trinajstić information content (AvgIpc) is 2.90. The summed E-state index contributed by atoms with van der Waals surface area (Å²) >= 11 is 0. The predicted octanol–water partition coefficient (Wildman–Crippen LogP) is 3.13. The van der Waals surface area contributed by atoms with Gasteiger partial charge in [0.25, 0.3) is 0 Å². The van der Waals surface area contributed by atoms with Crippen LogP contribution in [0.15, 0.2) is 53.9 Å². The van der Waals surface area contributed by atoms with Crippen molar-refractivity contribution in [2.24, 2.45) is 0 Å². The second-order valence-electron chi connectivity index (χ2n) is 8.46. The molecule has 13 heteroatoms. The maximum absolute atomic E-state index is 13.9. The van der Waals surface area contributed by atoms with Crippen LogP contribution in [-0.4, -0.2) is 61.1 Å². The zero-order valence-electron chi connectivity index (χ0n) is 21.5. The van der Waals surface area contributed by atoms with Crippen LogP contribution in [-0.2, 0) is 20.5 Å². The van der Waals surface area contributed by atoms with Crippen LogP contribution < -0.4 is 15.5 Å². The first kappa shape index (κ1) is 29.1. The summed E-state index contributed by atoms with van der Waals surface area (Å²) in [7, 11) is 1.69. The fourth-order valence-corrected chi connectivity index (χ4v) is 4.13. The van der Waals surface area contributed by atoms with E-state index in [9.17, 15) is 27.6 Å². The lowest BCUT2D eigenvalue weighted by Crippen LogP contribution is -2.54. The number of ether oxygens (including phenoxy) is 1. The molecule has 1 aromatic heterocycles. The maximum Gasteiger partial charge on any atom is 0.416 e. The van der Waals surface area contributed by atoms with E-state index in [2.05, 4.69) is 15.6 Å². The van der Waals surface area contributed by atoms with Crippen molar-refractivity contribution in [3.8, 4) is 6.07 Å². The SMILES string of the molecule is CCOC(=O)C1=C(C)N(c2cccc(C(F)(F)F)c2)C(=O)N(CC(=O)NCCNC)C1c1ccc(C#N)nc1. The first-order chi connectivity index (χ1) is 18.5. The number of carbonyl (C=O) groups excluding carboxylic acids is 3. The van der Waals surface area contributed by atoms with E-state index in [1.54, 1.807) is 14.0 Å². The molecule has 0 saturated heterocycles. The molecule has 1 aliphatic heterocycles. The van der Waals surface area contributed by atoms with Crippen LogP contribution in [0, 0.1) is 11.3 Å². The van der Waals surface area contributed by atoms with Crippen molar-refractivity contribution in [3.63, 3.8) is 0 Å². The predicted molar refractivity (Wildman–Crippen MR) is 134 cm³/mol. The van der Waals surface area contributed by atoms with E-state index in [0.717, 1.165) is 28.0 Å². The van der Waals surface area contributed by atoms with Crippen molar-refractivity contribution < 1.29 is 32.3 Å². The van der Waals surface area contributed by atoms with Gasteiger partial charge < -0.3 is 20.3 Å². The third-order valence-corrected chi connectivity index (χ3v) is 5.90. The van der Waals surface area contributed by atoms with Crippen molar-refractivity contribution in [2.45, 2.75) is 26.1 Å². The van der Waals surface area contributed by atoms with Gasteiger partial charge in [0.05, 0.1) is 29.5 Å². The van der Waals surface area contributed by atoms with Gasteiger partial charge in [0.2, 0.25) is 5.91 Å². The number of aromatic nitrogens is 1. The molecule has 10 nitrogen and oxygen atoms in total. The topological polar surface area (TPSA) is 128 Å². The Balaban J connectivity index is 2.22. The monoisotopic (exact) mass is 544 g/mol. The first-order valence-electron chi connectivity index (χ1n) is 12.0. The standard InChI is InChI=1S/C26H27F3N6O4/c1-4-39-24(37)22-16(2)35(20-7-5-6-18(12-20)26(27,28)29)25(38)34(15-21(36)32-11-10-31-3)23(22)17-8-9-19(13-30)33-14-17/h5-9,12,14,23,31H,4,10-11,15H2,1-3H3,(H,32,36). The minimum Gasteiger partial charge on any atom is -0.463 e. The van der Waals surface area contributed by atoms with E-state index >= 15 is 0 Å². The van der Waals surface area contributed by atoms with Crippen molar-refractivity contribution in [1.82, 2.24) is 20.5 Å². The number of carbonyl (C=O) groups is 3. The number of nitriles is 1. The van der Waals surface area contributed by atoms with E-state index in [4.69, 9.17) is 10.00 Å². The lowest BCUT2D eigenvalue weighted by molar-refractivity contribution is -0.140. The van der Waals surface area contributed by atoms with Gasteiger partial charge in [-0.3, -0.25) is 9.69 Å². The number of halogens is 3. The molecule has 0 radical (unpaired) electrons. The highest BCUT2D eigenvalue weighted by molar-refractivity contribution is 6.04. The highest BCUT2D eigenvalue weighted by Crippen LogP contribution is 2.41. The molecule has 39 heavy (non-hydrogen) atoms. The van der Waals surface area contributed by atoms with Crippen molar-refractivity contribution >= 4 is 23.6 Å². The third-order valence-electron chi connectivity index (χ3n) is 5.90. The Kier molecular flexibility index (Phi) is 9.26. The molecule has 1 unspecified atom stereocenters. The van der Waals surface area contributed by atoms with Crippen LogP contribution in [0.1, 0.15) is 36.7 Å². The Morgan fingerprint density at radius 2 is 1.95 bits per heavy atom. The van der Waals surface area contributed by atoms with Crippen LogP contribution in [0.25, 0.3) is 0 Å². The Hall–Kier alpha value is -4.44. The molecule has 0 saturated carbocycles. The van der Waals surface area contributed by atoms with E-state index < -0.39 is 42.2 Å². The molecule has 1 aromatic carbocycles. The normalized spacial score (nSPS) is 15.7. The van der Waals surface area contributed by atoms with E-state index in [0.29, 0.717) is 12.1 Å². The Bertz CT molecular complexity index is 1300. The first-order valence-corrected chi connectivity index (χ1v) is 12.0. The molecule has 0 bridgehead atoms. The second-order valence-corrected chi connectivity index (χ2v) is 8.46. The number of benzene rings is 1. The summed E-state index contributed by atoms with van der Waals surface area (Å²) in [6.45, 7) is 3.15. The van der Waals surface area contributed by atoms with Gasteiger partial charge in [-0.1, -0.05) is 12.1 Å². The quantitative estimate of drug-likeness (QED) is 0.367. The Morgan fingerprint density at radius 3 is 2.54 bits per heavy atom. The minimum absolute atomic E-state index is 0.0179. The van der Waals surface area contributed by atoms with Gasteiger partial charge in [0.1, 0.15) is 18.3 Å². The number of nitrogens with zero attached hydrogens (tertiary/aromatic N) is 4. The van der Waals surface area contributed by atoms with Gasteiger partial charge in [0.15, 0.2) is 0 Å². The van der Waals surface area contributed by atoms with E-state index in [-0.39, 0.29) is 35.8 Å². The zero-order valence-corrected chi connectivity index (χ0v) is 21.5. The number of amides is 3. The highest BCUT2D eigenvalue weighted by atomic mass is 19.4. The lowest BCUT2D eigenvalue weighted by Gasteiger charge is -2.42. The van der Waals surface area contributed by atoms with Gasteiger partial charge in [-0.05, 0) is 50.7 Å². The van der Waals surface area contributed by atoms with Gasteiger partial charge in [-0.15, -0.1) is 0 Å². The Morgan fingerprint density at radius 1 is 1.21 bits per heavy atom. The molecule has 0 spiro atoms.